The molecule has 0 radical (unpaired) electrons. The molecule has 0 aromatic heterocycles. The molecule has 0 spiro atoms. The Bertz CT molecular complexity index is 417. The molecule has 0 fully saturated rings. The monoisotopic (exact) mass is 312 g/mol. The summed E-state index contributed by atoms with van der Waals surface area (Å²) in [6.07, 6.45) is 0. The van der Waals surface area contributed by atoms with E-state index < -0.39 is 0 Å². The van der Waals surface area contributed by atoms with Crippen molar-refractivity contribution >= 4 is 24.8 Å². The van der Waals surface area contributed by atoms with Crippen LogP contribution in [0.5, 0.6) is 0 Å². The molecule has 2 atom stereocenters. The lowest BCUT2D eigenvalue weighted by Gasteiger charge is -2.27. The maximum absolute atomic E-state index is 3.41. The highest BCUT2D eigenvalue weighted by Crippen LogP contribution is 2.27. The van der Waals surface area contributed by atoms with Crippen LogP contribution in [0.15, 0.2) is 60.7 Å². The fraction of sp³-hybridized carbons (Fsp3) is 0.250. The van der Waals surface area contributed by atoms with Gasteiger partial charge >= 0.3 is 0 Å². The summed E-state index contributed by atoms with van der Waals surface area (Å²) in [4.78, 5) is 0. The highest BCUT2D eigenvalue weighted by Gasteiger charge is 2.21. The number of halogens is 2. The number of rotatable bonds is 5. The summed E-state index contributed by atoms with van der Waals surface area (Å²) in [7, 11) is 4.01. The van der Waals surface area contributed by atoms with E-state index in [1.165, 1.54) is 11.1 Å². The second-order valence-corrected chi connectivity index (χ2v) is 4.35. The van der Waals surface area contributed by atoms with Crippen molar-refractivity contribution in [2.24, 2.45) is 0 Å². The van der Waals surface area contributed by atoms with Gasteiger partial charge in [-0.25, -0.2) is 0 Å². The van der Waals surface area contributed by atoms with E-state index in [2.05, 4.69) is 59.2 Å². The zero-order chi connectivity index (χ0) is 12.8. The normalized spacial score (nSPS) is 12.7. The van der Waals surface area contributed by atoms with E-state index in [1.807, 2.05) is 26.2 Å². The van der Waals surface area contributed by atoms with Crippen LogP contribution in [0.3, 0.4) is 0 Å². The average molecular weight is 313 g/mol. The van der Waals surface area contributed by atoms with E-state index in [4.69, 9.17) is 0 Å². The summed E-state index contributed by atoms with van der Waals surface area (Å²) in [6, 6.07) is 21.6. The second kappa shape index (κ2) is 9.78. The van der Waals surface area contributed by atoms with Gasteiger partial charge in [-0.1, -0.05) is 60.7 Å². The van der Waals surface area contributed by atoms with Gasteiger partial charge in [0, 0.05) is 0 Å². The molecule has 0 saturated heterocycles. The molecule has 0 aliphatic carbocycles. The zero-order valence-corrected chi connectivity index (χ0v) is 13.4. The highest BCUT2D eigenvalue weighted by atomic mass is 35.5. The lowest BCUT2D eigenvalue weighted by molar-refractivity contribution is 0.432. The van der Waals surface area contributed by atoms with Gasteiger partial charge in [0.15, 0.2) is 0 Å². The van der Waals surface area contributed by atoms with Crippen LogP contribution in [0.1, 0.15) is 23.2 Å². The van der Waals surface area contributed by atoms with Gasteiger partial charge in [0.2, 0.25) is 0 Å². The Labute approximate surface area is 133 Å². The second-order valence-electron chi connectivity index (χ2n) is 4.35. The van der Waals surface area contributed by atoms with Crippen LogP contribution < -0.4 is 10.6 Å². The molecule has 0 aliphatic heterocycles. The van der Waals surface area contributed by atoms with E-state index in [9.17, 15) is 0 Å². The third-order valence-corrected chi connectivity index (χ3v) is 3.27. The Morgan fingerprint density at radius 2 is 0.900 bits per heavy atom. The predicted octanol–water partition coefficient (Wildman–Crippen LogP) is 3.75. The van der Waals surface area contributed by atoms with Crippen molar-refractivity contribution in [2.75, 3.05) is 14.1 Å². The molecule has 2 nitrogen and oxygen atoms in total. The van der Waals surface area contributed by atoms with E-state index >= 15 is 0 Å². The number of nitrogens with one attached hydrogen (secondary N) is 2. The van der Waals surface area contributed by atoms with E-state index in [0.717, 1.165) is 0 Å². The first-order valence-corrected chi connectivity index (χ1v) is 6.31. The third kappa shape index (κ3) is 4.50. The van der Waals surface area contributed by atoms with Crippen LogP contribution in [0.2, 0.25) is 0 Å². The Balaban J connectivity index is 0.00000180. The summed E-state index contributed by atoms with van der Waals surface area (Å²) in [6.45, 7) is 0. The molecule has 20 heavy (non-hydrogen) atoms. The number of hydrogen-bond donors (Lipinski definition) is 2. The summed E-state index contributed by atoms with van der Waals surface area (Å²) < 4.78 is 0. The molecule has 0 amide bonds. The number of benzene rings is 2. The molecule has 2 N–H and O–H groups in total. The molecule has 0 aliphatic rings. The third-order valence-electron chi connectivity index (χ3n) is 3.27. The van der Waals surface area contributed by atoms with Crippen LogP contribution >= 0.6 is 24.8 Å². The molecule has 110 valence electrons. The Kier molecular flexibility index (Phi) is 9.26. The summed E-state index contributed by atoms with van der Waals surface area (Å²) >= 11 is 0. The molecule has 0 saturated carbocycles. The lowest BCUT2D eigenvalue weighted by atomic mass is 9.93. The number of likely N-dealkylation sites (N-methyl/N-ethyl adjacent to an activating group) is 2. The van der Waals surface area contributed by atoms with Gasteiger partial charge in [0.1, 0.15) is 0 Å². The quantitative estimate of drug-likeness (QED) is 0.878. The van der Waals surface area contributed by atoms with Gasteiger partial charge in [-0.05, 0) is 25.2 Å². The molecule has 0 unspecified atom stereocenters. The number of hydrogen-bond acceptors (Lipinski definition) is 2. The lowest BCUT2D eigenvalue weighted by Crippen LogP contribution is -2.31. The molecule has 0 heterocycles. The summed E-state index contributed by atoms with van der Waals surface area (Å²) in [5.41, 5.74) is 2.59. The van der Waals surface area contributed by atoms with E-state index in [0.29, 0.717) is 0 Å². The maximum Gasteiger partial charge on any atom is 0.0515 e. The van der Waals surface area contributed by atoms with Gasteiger partial charge < -0.3 is 10.6 Å². The molecule has 2 aromatic rings. The molecule has 2 rings (SSSR count). The van der Waals surface area contributed by atoms with Crippen molar-refractivity contribution in [3.63, 3.8) is 0 Å². The van der Waals surface area contributed by atoms with E-state index in [1.54, 1.807) is 0 Å². The topological polar surface area (TPSA) is 24.1 Å². The fourth-order valence-electron chi connectivity index (χ4n) is 2.37. The van der Waals surface area contributed by atoms with E-state index in [-0.39, 0.29) is 36.9 Å². The molecule has 2 aromatic carbocycles. The zero-order valence-electron chi connectivity index (χ0n) is 11.7. The summed E-state index contributed by atoms with van der Waals surface area (Å²) in [5, 5.41) is 6.81. The Morgan fingerprint density at radius 1 is 0.600 bits per heavy atom. The van der Waals surface area contributed by atoms with Crippen LogP contribution in [0, 0.1) is 0 Å². The minimum absolute atomic E-state index is 0. The van der Waals surface area contributed by atoms with Gasteiger partial charge in [-0.3, -0.25) is 0 Å². The van der Waals surface area contributed by atoms with Crippen molar-refractivity contribution in [3.8, 4) is 0 Å². The maximum atomic E-state index is 3.41. The average Bonchev–Trinajstić information content (AvgIpc) is 2.46. The van der Waals surface area contributed by atoms with Gasteiger partial charge in [0.05, 0.1) is 12.1 Å². The largest absolute Gasteiger partial charge is 0.311 e. The van der Waals surface area contributed by atoms with Crippen LogP contribution in [-0.4, -0.2) is 14.1 Å². The molecular formula is C16H22Cl2N2. The van der Waals surface area contributed by atoms with Gasteiger partial charge in [0.25, 0.3) is 0 Å². The first-order valence-electron chi connectivity index (χ1n) is 6.31. The highest BCUT2D eigenvalue weighted by molar-refractivity contribution is 5.85. The van der Waals surface area contributed by atoms with Gasteiger partial charge in [-0.15, -0.1) is 24.8 Å². The van der Waals surface area contributed by atoms with Crippen molar-refractivity contribution in [1.29, 1.82) is 0 Å². The first kappa shape index (κ1) is 18.9. The standard InChI is InChI=1S/C16H20N2.2ClH/c1-17-15(13-9-5-3-6-10-13)16(18-2)14-11-7-4-8-12-14;;/h3-12,15-18H,1-2H3;2*1H/t15-,16-;;/m1../s1. The summed E-state index contributed by atoms with van der Waals surface area (Å²) in [5.74, 6) is 0. The fourth-order valence-corrected chi connectivity index (χ4v) is 2.37. The van der Waals surface area contributed by atoms with Crippen molar-refractivity contribution in [2.45, 2.75) is 12.1 Å². The van der Waals surface area contributed by atoms with Crippen molar-refractivity contribution in [3.05, 3.63) is 71.8 Å². The minimum atomic E-state index is 0. The Hall–Kier alpha value is -1.06. The van der Waals surface area contributed by atoms with Crippen LogP contribution in [0.4, 0.5) is 0 Å². The molecule has 0 bridgehead atoms. The smallest absolute Gasteiger partial charge is 0.0515 e. The SMILES string of the molecule is CN[C@H](c1ccccc1)[C@H](NC)c1ccccc1.Cl.Cl. The predicted molar refractivity (Wildman–Crippen MR) is 91.0 cm³/mol. The molecular weight excluding hydrogens is 291 g/mol. The van der Waals surface area contributed by atoms with Crippen molar-refractivity contribution < 1.29 is 0 Å². The van der Waals surface area contributed by atoms with Gasteiger partial charge in [-0.2, -0.15) is 0 Å². The molecule has 4 heteroatoms. The van der Waals surface area contributed by atoms with Crippen LogP contribution in [-0.2, 0) is 0 Å². The first-order chi connectivity index (χ1) is 8.86. The minimum Gasteiger partial charge on any atom is -0.311 e. The van der Waals surface area contributed by atoms with Crippen LogP contribution in [0.25, 0.3) is 0 Å². The van der Waals surface area contributed by atoms with Crippen molar-refractivity contribution in [1.82, 2.24) is 10.6 Å². The Morgan fingerprint density at radius 3 is 1.15 bits per heavy atom.